The van der Waals surface area contributed by atoms with E-state index in [0.717, 1.165) is 27.6 Å². The average molecular weight is 370 g/mol. The van der Waals surface area contributed by atoms with E-state index < -0.39 is 5.91 Å². The van der Waals surface area contributed by atoms with Crippen LogP contribution in [0.4, 0.5) is 0 Å². The molecule has 5 heteroatoms. The molecule has 0 aliphatic rings. The lowest BCUT2D eigenvalue weighted by Crippen LogP contribution is -2.14. The number of amides is 1. The molecule has 0 aliphatic heterocycles. The lowest BCUT2D eigenvalue weighted by molar-refractivity contribution is -0.124. The summed E-state index contributed by atoms with van der Waals surface area (Å²) in [6.07, 6.45) is 2.87. The molecule has 0 bridgehead atoms. The van der Waals surface area contributed by atoms with Crippen molar-refractivity contribution in [1.29, 1.82) is 0 Å². The van der Waals surface area contributed by atoms with E-state index in [2.05, 4.69) is 36.3 Å². The first-order chi connectivity index (χ1) is 13.7. The number of hydrogen-bond acceptors (Lipinski definition) is 4. The standard InChI is InChI=1S/C23H18N2O3/c1-15-4-2-3-5-19(15)17-8-10-18(11-9-17)23-20-14-16(7-13-22(26)24-27)6-12-21(20)25-28-23/h2-14,27H,1H3,(H,24,26)/b13-7+. The van der Waals surface area contributed by atoms with Gasteiger partial charge in [0.05, 0.1) is 5.39 Å². The number of aryl methyl sites for hydroxylation is 1. The molecule has 0 radical (unpaired) electrons. The van der Waals surface area contributed by atoms with Gasteiger partial charge in [-0.25, -0.2) is 5.48 Å². The van der Waals surface area contributed by atoms with E-state index in [-0.39, 0.29) is 0 Å². The van der Waals surface area contributed by atoms with Crippen LogP contribution in [0.15, 0.2) is 77.3 Å². The zero-order chi connectivity index (χ0) is 19.5. The largest absolute Gasteiger partial charge is 0.355 e. The Balaban J connectivity index is 1.70. The molecule has 5 nitrogen and oxygen atoms in total. The third-order valence-electron chi connectivity index (χ3n) is 4.64. The molecule has 28 heavy (non-hydrogen) atoms. The number of benzene rings is 3. The van der Waals surface area contributed by atoms with Gasteiger partial charge < -0.3 is 4.52 Å². The molecule has 0 aliphatic carbocycles. The van der Waals surface area contributed by atoms with Crippen LogP contribution in [0.3, 0.4) is 0 Å². The average Bonchev–Trinajstić information content (AvgIpc) is 3.16. The molecule has 0 spiro atoms. The van der Waals surface area contributed by atoms with Crippen LogP contribution >= 0.6 is 0 Å². The van der Waals surface area contributed by atoms with Crippen LogP contribution in [-0.2, 0) is 4.79 Å². The molecule has 4 rings (SSSR count). The van der Waals surface area contributed by atoms with Gasteiger partial charge in [0.1, 0.15) is 5.52 Å². The molecule has 0 unspecified atom stereocenters. The highest BCUT2D eigenvalue weighted by Gasteiger charge is 2.12. The number of rotatable bonds is 4. The summed E-state index contributed by atoms with van der Waals surface area (Å²) in [6, 6.07) is 22.0. The van der Waals surface area contributed by atoms with Crippen LogP contribution in [0.2, 0.25) is 0 Å². The van der Waals surface area contributed by atoms with E-state index in [1.807, 2.05) is 42.5 Å². The maximum absolute atomic E-state index is 11.2. The van der Waals surface area contributed by atoms with Gasteiger partial charge in [-0.1, -0.05) is 59.8 Å². The lowest BCUT2D eigenvalue weighted by Gasteiger charge is -2.06. The molecule has 1 aromatic heterocycles. The van der Waals surface area contributed by atoms with Gasteiger partial charge in [-0.05, 0) is 47.4 Å². The minimum absolute atomic E-state index is 0.586. The number of hydroxylamine groups is 1. The molecule has 138 valence electrons. The summed E-state index contributed by atoms with van der Waals surface area (Å²) in [5.74, 6) is 0.0885. The highest BCUT2D eigenvalue weighted by Crippen LogP contribution is 2.32. The molecule has 0 atom stereocenters. The Morgan fingerprint density at radius 1 is 1.04 bits per heavy atom. The number of nitrogens with zero attached hydrogens (tertiary/aromatic N) is 1. The molecule has 2 N–H and O–H groups in total. The number of aromatic nitrogens is 1. The van der Waals surface area contributed by atoms with Crippen LogP contribution in [0.1, 0.15) is 11.1 Å². The Morgan fingerprint density at radius 2 is 1.79 bits per heavy atom. The third-order valence-corrected chi connectivity index (χ3v) is 4.64. The van der Waals surface area contributed by atoms with E-state index in [1.165, 1.54) is 17.2 Å². The van der Waals surface area contributed by atoms with Crippen LogP contribution in [-0.4, -0.2) is 16.3 Å². The first-order valence-electron chi connectivity index (χ1n) is 8.84. The van der Waals surface area contributed by atoms with Crippen molar-refractivity contribution in [1.82, 2.24) is 10.6 Å². The SMILES string of the molecule is Cc1ccccc1-c1ccc(-c2onc3ccc(/C=C/C(=O)NO)cc23)cc1. The monoisotopic (exact) mass is 370 g/mol. The van der Waals surface area contributed by atoms with Gasteiger partial charge in [0, 0.05) is 11.6 Å². The number of fused-ring (bicyclic) bond motifs is 1. The zero-order valence-electron chi connectivity index (χ0n) is 15.2. The molecule has 0 fully saturated rings. The molecule has 1 heterocycles. The lowest BCUT2D eigenvalue weighted by atomic mass is 9.98. The molecular formula is C23H18N2O3. The fraction of sp³-hybridized carbons (Fsp3) is 0.0435. The highest BCUT2D eigenvalue weighted by atomic mass is 16.5. The van der Waals surface area contributed by atoms with Gasteiger partial charge in [0.2, 0.25) is 0 Å². The third kappa shape index (κ3) is 3.43. The second-order valence-corrected chi connectivity index (χ2v) is 6.49. The van der Waals surface area contributed by atoms with Crippen LogP contribution in [0.5, 0.6) is 0 Å². The maximum atomic E-state index is 11.2. The smallest absolute Gasteiger partial charge is 0.267 e. The van der Waals surface area contributed by atoms with Crippen molar-refractivity contribution in [3.05, 3.63) is 83.9 Å². The highest BCUT2D eigenvalue weighted by molar-refractivity contribution is 5.95. The van der Waals surface area contributed by atoms with E-state index in [1.54, 1.807) is 11.6 Å². The second kappa shape index (κ2) is 7.50. The van der Waals surface area contributed by atoms with Crippen molar-refractivity contribution in [2.24, 2.45) is 0 Å². The van der Waals surface area contributed by atoms with Crippen molar-refractivity contribution in [2.75, 3.05) is 0 Å². The van der Waals surface area contributed by atoms with Gasteiger partial charge in [0.25, 0.3) is 5.91 Å². The quantitative estimate of drug-likeness (QED) is 0.301. The predicted octanol–water partition coefficient (Wildman–Crippen LogP) is 4.99. The summed E-state index contributed by atoms with van der Waals surface area (Å²) in [5.41, 5.74) is 7.60. The Bertz CT molecular complexity index is 1170. The summed E-state index contributed by atoms with van der Waals surface area (Å²) in [7, 11) is 0. The number of carbonyl (C=O) groups excluding carboxylic acids is 1. The number of nitrogens with one attached hydrogen (secondary N) is 1. The van der Waals surface area contributed by atoms with Crippen molar-refractivity contribution >= 4 is 22.9 Å². The van der Waals surface area contributed by atoms with Gasteiger partial charge in [-0.2, -0.15) is 0 Å². The molecule has 1 amide bonds. The predicted molar refractivity (Wildman–Crippen MR) is 109 cm³/mol. The van der Waals surface area contributed by atoms with E-state index in [9.17, 15) is 4.79 Å². The zero-order valence-corrected chi connectivity index (χ0v) is 15.2. The molecule has 0 saturated heterocycles. The van der Waals surface area contributed by atoms with Gasteiger partial charge in [0.15, 0.2) is 5.76 Å². The fourth-order valence-corrected chi connectivity index (χ4v) is 3.18. The van der Waals surface area contributed by atoms with Crippen LogP contribution in [0, 0.1) is 6.92 Å². The first-order valence-corrected chi connectivity index (χ1v) is 8.84. The van der Waals surface area contributed by atoms with Crippen molar-refractivity contribution in [2.45, 2.75) is 6.92 Å². The van der Waals surface area contributed by atoms with E-state index >= 15 is 0 Å². The molecule has 0 saturated carbocycles. The Morgan fingerprint density at radius 3 is 2.54 bits per heavy atom. The van der Waals surface area contributed by atoms with Crippen LogP contribution < -0.4 is 5.48 Å². The van der Waals surface area contributed by atoms with Gasteiger partial charge >= 0.3 is 0 Å². The minimum Gasteiger partial charge on any atom is -0.355 e. The summed E-state index contributed by atoms with van der Waals surface area (Å²) in [5, 5.41) is 13.6. The van der Waals surface area contributed by atoms with Crippen LogP contribution in [0.25, 0.3) is 39.4 Å². The summed E-state index contributed by atoms with van der Waals surface area (Å²) < 4.78 is 5.58. The van der Waals surface area contributed by atoms with Crippen molar-refractivity contribution in [3.63, 3.8) is 0 Å². The minimum atomic E-state index is -0.586. The Hall–Kier alpha value is -3.70. The molecule has 4 aromatic rings. The normalized spacial score (nSPS) is 11.2. The Labute approximate surface area is 161 Å². The maximum Gasteiger partial charge on any atom is 0.267 e. The second-order valence-electron chi connectivity index (χ2n) is 6.49. The molecular weight excluding hydrogens is 352 g/mol. The Kier molecular flexibility index (Phi) is 4.74. The summed E-state index contributed by atoms with van der Waals surface area (Å²) in [6.45, 7) is 2.10. The summed E-state index contributed by atoms with van der Waals surface area (Å²) >= 11 is 0. The van der Waals surface area contributed by atoms with Gasteiger partial charge in [-0.3, -0.25) is 10.0 Å². The summed E-state index contributed by atoms with van der Waals surface area (Å²) in [4.78, 5) is 11.2. The molecule has 3 aromatic carbocycles. The van der Waals surface area contributed by atoms with E-state index in [4.69, 9.17) is 9.73 Å². The number of hydrogen-bond donors (Lipinski definition) is 2. The number of carbonyl (C=O) groups is 1. The van der Waals surface area contributed by atoms with Crippen molar-refractivity contribution < 1.29 is 14.5 Å². The van der Waals surface area contributed by atoms with E-state index in [0.29, 0.717) is 5.76 Å². The first kappa shape index (κ1) is 17.7. The topological polar surface area (TPSA) is 75.4 Å². The fourth-order valence-electron chi connectivity index (χ4n) is 3.18. The van der Waals surface area contributed by atoms with Crippen molar-refractivity contribution in [3.8, 4) is 22.5 Å². The van der Waals surface area contributed by atoms with Gasteiger partial charge in [-0.15, -0.1) is 0 Å².